The van der Waals surface area contributed by atoms with Crippen molar-refractivity contribution in [2.45, 2.75) is 40.2 Å². The van der Waals surface area contributed by atoms with Gasteiger partial charge in [-0.1, -0.05) is 57.4 Å². The van der Waals surface area contributed by atoms with Gasteiger partial charge < -0.3 is 0 Å². The molecule has 1 atom stereocenters. The molecule has 2 aromatic rings. The van der Waals surface area contributed by atoms with Gasteiger partial charge in [-0.2, -0.15) is 5.10 Å². The van der Waals surface area contributed by atoms with E-state index in [1.54, 1.807) is 0 Å². The van der Waals surface area contributed by atoms with E-state index in [0.717, 1.165) is 41.1 Å². The molecule has 0 saturated carbocycles. The summed E-state index contributed by atoms with van der Waals surface area (Å²) in [6.45, 7) is 7.08. The smallest absolute Gasteiger partial charge is 0.0847 e. The van der Waals surface area contributed by atoms with Crippen LogP contribution in [0, 0.1) is 19.8 Å². The first-order chi connectivity index (χ1) is 10.0. The Kier molecular flexibility index (Phi) is 5.88. The van der Waals surface area contributed by atoms with Crippen LogP contribution in [0.25, 0.3) is 0 Å². The molecule has 0 N–H and O–H groups in total. The molecule has 0 amide bonds. The lowest BCUT2D eigenvalue weighted by molar-refractivity contribution is 0.536. The van der Waals surface area contributed by atoms with Crippen molar-refractivity contribution in [1.82, 2.24) is 9.78 Å². The molecule has 0 fully saturated rings. The summed E-state index contributed by atoms with van der Waals surface area (Å²) in [5.41, 5.74) is 4.79. The van der Waals surface area contributed by atoms with Gasteiger partial charge in [0.15, 0.2) is 0 Å². The third-order valence-corrected chi connectivity index (χ3v) is 5.17. The molecule has 1 aromatic heterocycles. The summed E-state index contributed by atoms with van der Waals surface area (Å²) >= 11 is 10.1. The SMILES string of the molecule is CCn1nc(C)c(Cl)c1CC(CBr)Cc1cccc(C)c1. The fourth-order valence-corrected chi connectivity index (χ4v) is 3.36. The van der Waals surface area contributed by atoms with Crippen LogP contribution >= 0.6 is 27.5 Å². The number of nitrogens with zero attached hydrogens (tertiary/aromatic N) is 2. The van der Waals surface area contributed by atoms with Gasteiger partial charge in [0, 0.05) is 11.9 Å². The van der Waals surface area contributed by atoms with Gasteiger partial charge in [0.25, 0.3) is 0 Å². The van der Waals surface area contributed by atoms with E-state index in [4.69, 9.17) is 11.6 Å². The molecule has 114 valence electrons. The van der Waals surface area contributed by atoms with Gasteiger partial charge in [-0.15, -0.1) is 0 Å². The molecule has 1 aromatic carbocycles. The Balaban J connectivity index is 2.16. The van der Waals surface area contributed by atoms with Crippen LogP contribution in [0.4, 0.5) is 0 Å². The van der Waals surface area contributed by atoms with Crippen molar-refractivity contribution in [1.29, 1.82) is 0 Å². The number of aromatic nitrogens is 2. The average Bonchev–Trinajstić information content (AvgIpc) is 2.74. The molecule has 1 unspecified atom stereocenters. The number of hydrogen-bond donors (Lipinski definition) is 0. The van der Waals surface area contributed by atoms with Crippen LogP contribution in [0.1, 0.15) is 29.4 Å². The average molecular weight is 370 g/mol. The number of benzene rings is 1. The Hall–Kier alpha value is -0.800. The summed E-state index contributed by atoms with van der Waals surface area (Å²) in [6, 6.07) is 8.73. The van der Waals surface area contributed by atoms with Gasteiger partial charge in [-0.25, -0.2) is 0 Å². The van der Waals surface area contributed by atoms with E-state index < -0.39 is 0 Å². The molecular formula is C17H22BrClN2. The maximum atomic E-state index is 6.42. The van der Waals surface area contributed by atoms with Crippen molar-refractivity contribution in [3.8, 4) is 0 Å². The predicted molar refractivity (Wildman–Crippen MR) is 93.5 cm³/mol. The summed E-state index contributed by atoms with van der Waals surface area (Å²) in [5, 5.41) is 6.30. The molecule has 0 bridgehead atoms. The summed E-state index contributed by atoms with van der Waals surface area (Å²) in [7, 11) is 0. The van der Waals surface area contributed by atoms with Crippen molar-refractivity contribution in [3.63, 3.8) is 0 Å². The highest BCUT2D eigenvalue weighted by Crippen LogP contribution is 2.25. The number of hydrogen-bond acceptors (Lipinski definition) is 1. The molecule has 0 aliphatic carbocycles. The lowest BCUT2D eigenvalue weighted by Crippen LogP contribution is -2.14. The predicted octanol–water partition coefficient (Wildman–Crippen LogP) is 4.97. The van der Waals surface area contributed by atoms with Gasteiger partial charge in [0.1, 0.15) is 0 Å². The van der Waals surface area contributed by atoms with E-state index in [-0.39, 0.29) is 0 Å². The minimum absolute atomic E-state index is 0.519. The van der Waals surface area contributed by atoms with E-state index in [2.05, 4.69) is 59.1 Å². The summed E-state index contributed by atoms with van der Waals surface area (Å²) in [5.74, 6) is 0.519. The van der Waals surface area contributed by atoms with Crippen LogP contribution in [-0.2, 0) is 19.4 Å². The Bertz CT molecular complexity index is 607. The van der Waals surface area contributed by atoms with Crippen LogP contribution in [-0.4, -0.2) is 15.1 Å². The standard InChI is InChI=1S/C17H22BrClN2/c1-4-21-16(17(19)13(3)20-21)10-15(11-18)9-14-7-5-6-12(2)8-14/h5-8,15H,4,9-11H2,1-3H3. The first-order valence-corrected chi connectivity index (χ1v) is 8.88. The molecule has 0 aliphatic heterocycles. The normalized spacial score (nSPS) is 12.6. The van der Waals surface area contributed by atoms with Crippen molar-refractivity contribution in [3.05, 3.63) is 51.8 Å². The van der Waals surface area contributed by atoms with Crippen molar-refractivity contribution in [2.75, 3.05) is 5.33 Å². The molecule has 0 radical (unpaired) electrons. The van der Waals surface area contributed by atoms with Gasteiger partial charge >= 0.3 is 0 Å². The van der Waals surface area contributed by atoms with Gasteiger partial charge in [0.2, 0.25) is 0 Å². The van der Waals surface area contributed by atoms with E-state index in [1.165, 1.54) is 11.1 Å². The van der Waals surface area contributed by atoms with Crippen molar-refractivity contribution in [2.24, 2.45) is 5.92 Å². The van der Waals surface area contributed by atoms with Gasteiger partial charge in [0.05, 0.1) is 16.4 Å². The maximum Gasteiger partial charge on any atom is 0.0847 e. The highest BCUT2D eigenvalue weighted by atomic mass is 79.9. The number of halogens is 2. The van der Waals surface area contributed by atoms with Gasteiger partial charge in [-0.3, -0.25) is 4.68 Å². The van der Waals surface area contributed by atoms with Crippen molar-refractivity contribution >= 4 is 27.5 Å². The van der Waals surface area contributed by atoms with E-state index in [9.17, 15) is 0 Å². The Morgan fingerprint density at radius 3 is 2.67 bits per heavy atom. The first kappa shape index (κ1) is 16.6. The van der Waals surface area contributed by atoms with Crippen LogP contribution in [0.5, 0.6) is 0 Å². The highest BCUT2D eigenvalue weighted by Gasteiger charge is 2.17. The molecule has 2 nitrogen and oxygen atoms in total. The monoisotopic (exact) mass is 368 g/mol. The largest absolute Gasteiger partial charge is 0.268 e. The molecule has 4 heteroatoms. The summed E-state index contributed by atoms with van der Waals surface area (Å²) in [4.78, 5) is 0. The molecule has 0 saturated heterocycles. The van der Waals surface area contributed by atoms with Gasteiger partial charge in [-0.05, 0) is 45.1 Å². The third kappa shape index (κ3) is 4.10. The minimum Gasteiger partial charge on any atom is -0.268 e. The lowest BCUT2D eigenvalue weighted by Gasteiger charge is -2.16. The number of rotatable bonds is 6. The van der Waals surface area contributed by atoms with Crippen LogP contribution in [0.2, 0.25) is 5.02 Å². The van der Waals surface area contributed by atoms with Crippen molar-refractivity contribution < 1.29 is 0 Å². The topological polar surface area (TPSA) is 17.8 Å². The fraction of sp³-hybridized carbons (Fsp3) is 0.471. The zero-order chi connectivity index (χ0) is 15.4. The molecule has 1 heterocycles. The van der Waals surface area contributed by atoms with E-state index in [0.29, 0.717) is 5.92 Å². The molecular weight excluding hydrogens is 348 g/mol. The van der Waals surface area contributed by atoms with Crippen LogP contribution < -0.4 is 0 Å². The van der Waals surface area contributed by atoms with Crippen LogP contribution in [0.3, 0.4) is 0 Å². The Labute approximate surface area is 140 Å². The molecule has 0 aliphatic rings. The maximum absolute atomic E-state index is 6.42. The molecule has 21 heavy (non-hydrogen) atoms. The number of aryl methyl sites for hydroxylation is 3. The van der Waals surface area contributed by atoms with E-state index in [1.807, 2.05) is 11.6 Å². The summed E-state index contributed by atoms with van der Waals surface area (Å²) < 4.78 is 2.03. The lowest BCUT2D eigenvalue weighted by atomic mass is 9.95. The minimum atomic E-state index is 0.519. The third-order valence-electron chi connectivity index (χ3n) is 3.76. The molecule has 0 spiro atoms. The highest BCUT2D eigenvalue weighted by molar-refractivity contribution is 9.09. The second-order valence-electron chi connectivity index (χ2n) is 5.58. The number of alkyl halides is 1. The zero-order valence-electron chi connectivity index (χ0n) is 12.9. The zero-order valence-corrected chi connectivity index (χ0v) is 15.2. The molecule has 2 rings (SSSR count). The van der Waals surface area contributed by atoms with E-state index >= 15 is 0 Å². The second kappa shape index (κ2) is 7.46. The Morgan fingerprint density at radius 1 is 1.29 bits per heavy atom. The van der Waals surface area contributed by atoms with Crippen LogP contribution in [0.15, 0.2) is 24.3 Å². The first-order valence-electron chi connectivity index (χ1n) is 7.38. The quantitative estimate of drug-likeness (QED) is 0.657. The second-order valence-corrected chi connectivity index (χ2v) is 6.60. The Morgan fingerprint density at radius 2 is 2.05 bits per heavy atom. The summed E-state index contributed by atoms with van der Waals surface area (Å²) in [6.07, 6.45) is 2.00. The fourth-order valence-electron chi connectivity index (χ4n) is 2.69.